The molecule has 2 aromatic rings. The van der Waals surface area contributed by atoms with Gasteiger partial charge in [0.05, 0.1) is 5.56 Å². The SMILES string of the molecule is Cc1ccc(N)c(-c2nc(C3CC3)no2)c1. The molecule has 1 aliphatic rings. The normalized spacial score (nSPS) is 15.3. The summed E-state index contributed by atoms with van der Waals surface area (Å²) in [6, 6.07) is 5.81. The molecule has 16 heavy (non-hydrogen) atoms. The van der Waals surface area contributed by atoms with E-state index in [4.69, 9.17) is 10.3 Å². The third-order valence-electron chi connectivity index (χ3n) is 2.82. The monoisotopic (exact) mass is 215 g/mol. The molecule has 1 fully saturated rings. The molecule has 1 saturated carbocycles. The Morgan fingerprint density at radius 1 is 1.38 bits per heavy atom. The summed E-state index contributed by atoms with van der Waals surface area (Å²) >= 11 is 0. The van der Waals surface area contributed by atoms with Gasteiger partial charge in [0, 0.05) is 11.6 Å². The zero-order valence-corrected chi connectivity index (χ0v) is 9.10. The number of nitrogen functional groups attached to an aromatic ring is 1. The van der Waals surface area contributed by atoms with Crippen LogP contribution in [0.25, 0.3) is 11.5 Å². The molecule has 2 N–H and O–H groups in total. The second-order valence-corrected chi connectivity index (χ2v) is 4.32. The smallest absolute Gasteiger partial charge is 0.260 e. The fourth-order valence-corrected chi connectivity index (χ4v) is 1.71. The van der Waals surface area contributed by atoms with E-state index in [0.29, 0.717) is 17.5 Å². The van der Waals surface area contributed by atoms with E-state index in [0.717, 1.165) is 17.0 Å². The van der Waals surface area contributed by atoms with E-state index < -0.39 is 0 Å². The second-order valence-electron chi connectivity index (χ2n) is 4.32. The van der Waals surface area contributed by atoms with Crippen LogP contribution in [0, 0.1) is 6.92 Å². The van der Waals surface area contributed by atoms with Crippen LogP contribution in [0.1, 0.15) is 30.1 Å². The Morgan fingerprint density at radius 3 is 2.94 bits per heavy atom. The maximum atomic E-state index is 5.89. The van der Waals surface area contributed by atoms with Gasteiger partial charge in [-0.25, -0.2) is 0 Å². The Hall–Kier alpha value is -1.84. The molecule has 0 radical (unpaired) electrons. The van der Waals surface area contributed by atoms with Crippen LogP contribution in [0.5, 0.6) is 0 Å². The number of nitrogens with two attached hydrogens (primary N) is 1. The highest BCUT2D eigenvalue weighted by Crippen LogP contribution is 2.39. The Balaban J connectivity index is 2.03. The largest absolute Gasteiger partial charge is 0.398 e. The Morgan fingerprint density at radius 2 is 2.19 bits per heavy atom. The van der Waals surface area contributed by atoms with Crippen molar-refractivity contribution in [3.63, 3.8) is 0 Å². The predicted octanol–water partition coefficient (Wildman–Crippen LogP) is 2.50. The summed E-state index contributed by atoms with van der Waals surface area (Å²) in [6.45, 7) is 2.01. The molecule has 0 aliphatic heterocycles. The first-order chi connectivity index (χ1) is 7.74. The number of benzene rings is 1. The molecule has 4 nitrogen and oxygen atoms in total. The van der Waals surface area contributed by atoms with Crippen LogP contribution in [0.4, 0.5) is 5.69 Å². The first kappa shape index (κ1) is 9.39. The molecule has 4 heteroatoms. The zero-order valence-electron chi connectivity index (χ0n) is 9.10. The number of nitrogens with zero attached hydrogens (tertiary/aromatic N) is 2. The van der Waals surface area contributed by atoms with Gasteiger partial charge in [-0.15, -0.1) is 0 Å². The lowest BCUT2D eigenvalue weighted by atomic mass is 10.1. The van der Waals surface area contributed by atoms with Crippen molar-refractivity contribution in [2.24, 2.45) is 0 Å². The van der Waals surface area contributed by atoms with Gasteiger partial charge in [-0.2, -0.15) is 4.98 Å². The maximum absolute atomic E-state index is 5.89. The minimum absolute atomic E-state index is 0.503. The van der Waals surface area contributed by atoms with Crippen LogP contribution in [-0.4, -0.2) is 10.1 Å². The molecule has 0 spiro atoms. The van der Waals surface area contributed by atoms with Gasteiger partial charge < -0.3 is 10.3 Å². The van der Waals surface area contributed by atoms with Gasteiger partial charge in [0.25, 0.3) is 5.89 Å². The van der Waals surface area contributed by atoms with Gasteiger partial charge in [-0.1, -0.05) is 16.8 Å². The minimum atomic E-state index is 0.503. The molecule has 0 bridgehead atoms. The van der Waals surface area contributed by atoms with Crippen molar-refractivity contribution >= 4 is 5.69 Å². The fraction of sp³-hybridized carbons (Fsp3) is 0.333. The third kappa shape index (κ3) is 1.56. The summed E-state index contributed by atoms with van der Waals surface area (Å²) in [5, 5.41) is 3.98. The summed E-state index contributed by atoms with van der Waals surface area (Å²) in [7, 11) is 0. The highest BCUT2D eigenvalue weighted by molar-refractivity contribution is 5.71. The van der Waals surface area contributed by atoms with E-state index in [1.165, 1.54) is 12.8 Å². The maximum Gasteiger partial charge on any atom is 0.260 e. The van der Waals surface area contributed by atoms with Crippen molar-refractivity contribution < 1.29 is 4.52 Å². The van der Waals surface area contributed by atoms with Crippen LogP contribution in [0.2, 0.25) is 0 Å². The molecule has 0 saturated heterocycles. The van der Waals surface area contributed by atoms with E-state index in [2.05, 4.69) is 10.1 Å². The van der Waals surface area contributed by atoms with E-state index in [-0.39, 0.29) is 0 Å². The van der Waals surface area contributed by atoms with Crippen LogP contribution in [0.3, 0.4) is 0 Å². The highest BCUT2D eigenvalue weighted by atomic mass is 16.5. The molecule has 0 unspecified atom stereocenters. The average molecular weight is 215 g/mol. The Bertz CT molecular complexity index is 529. The summed E-state index contributed by atoms with van der Waals surface area (Å²) in [5.41, 5.74) is 8.54. The van der Waals surface area contributed by atoms with Crippen LogP contribution < -0.4 is 5.73 Å². The number of aryl methyl sites for hydroxylation is 1. The molecular weight excluding hydrogens is 202 g/mol. The Labute approximate surface area is 93.5 Å². The Kier molecular flexibility index (Phi) is 1.96. The van der Waals surface area contributed by atoms with Crippen LogP contribution in [0.15, 0.2) is 22.7 Å². The minimum Gasteiger partial charge on any atom is -0.398 e. The second kappa shape index (κ2) is 3.33. The first-order valence-electron chi connectivity index (χ1n) is 5.44. The van der Waals surface area contributed by atoms with E-state index >= 15 is 0 Å². The summed E-state index contributed by atoms with van der Waals surface area (Å²) in [6.07, 6.45) is 2.34. The summed E-state index contributed by atoms with van der Waals surface area (Å²) in [4.78, 5) is 4.39. The lowest BCUT2D eigenvalue weighted by molar-refractivity contribution is 0.423. The topological polar surface area (TPSA) is 64.9 Å². The number of rotatable bonds is 2. The third-order valence-corrected chi connectivity index (χ3v) is 2.82. The predicted molar refractivity (Wildman–Crippen MR) is 60.9 cm³/mol. The van der Waals surface area contributed by atoms with Gasteiger partial charge in [0.15, 0.2) is 5.82 Å². The standard InChI is InChI=1S/C12H13N3O/c1-7-2-5-10(13)9(6-7)12-14-11(15-16-12)8-3-4-8/h2,5-6,8H,3-4,13H2,1H3. The molecule has 0 atom stereocenters. The number of hydrogen-bond acceptors (Lipinski definition) is 4. The number of anilines is 1. The lowest BCUT2D eigenvalue weighted by Crippen LogP contribution is -1.91. The van der Waals surface area contributed by atoms with Crippen molar-refractivity contribution in [1.82, 2.24) is 10.1 Å². The van der Waals surface area contributed by atoms with E-state index in [1.807, 2.05) is 25.1 Å². The molecule has 3 rings (SSSR count). The highest BCUT2D eigenvalue weighted by Gasteiger charge is 2.29. The van der Waals surface area contributed by atoms with Crippen molar-refractivity contribution in [2.45, 2.75) is 25.7 Å². The van der Waals surface area contributed by atoms with Crippen LogP contribution >= 0.6 is 0 Å². The van der Waals surface area contributed by atoms with E-state index in [9.17, 15) is 0 Å². The zero-order chi connectivity index (χ0) is 11.1. The summed E-state index contributed by atoms with van der Waals surface area (Å²) < 4.78 is 5.25. The molecule has 1 heterocycles. The van der Waals surface area contributed by atoms with Crippen molar-refractivity contribution in [1.29, 1.82) is 0 Å². The van der Waals surface area contributed by atoms with Gasteiger partial charge in [0.1, 0.15) is 0 Å². The number of aromatic nitrogens is 2. The summed E-state index contributed by atoms with van der Waals surface area (Å²) in [5.74, 6) is 1.85. The molecule has 0 amide bonds. The average Bonchev–Trinajstić information content (AvgIpc) is 3.01. The van der Waals surface area contributed by atoms with Gasteiger partial charge in [-0.05, 0) is 31.9 Å². The molecule has 82 valence electrons. The van der Waals surface area contributed by atoms with Crippen molar-refractivity contribution in [3.8, 4) is 11.5 Å². The molecular formula is C12H13N3O. The first-order valence-corrected chi connectivity index (χ1v) is 5.44. The van der Waals surface area contributed by atoms with Crippen molar-refractivity contribution in [3.05, 3.63) is 29.6 Å². The van der Waals surface area contributed by atoms with Gasteiger partial charge >= 0.3 is 0 Å². The quantitative estimate of drug-likeness (QED) is 0.782. The molecule has 1 aromatic carbocycles. The van der Waals surface area contributed by atoms with Crippen LogP contribution in [-0.2, 0) is 0 Å². The van der Waals surface area contributed by atoms with Gasteiger partial charge in [0.2, 0.25) is 0 Å². The van der Waals surface area contributed by atoms with Crippen molar-refractivity contribution in [2.75, 3.05) is 5.73 Å². The number of hydrogen-bond donors (Lipinski definition) is 1. The molecule has 1 aliphatic carbocycles. The molecule has 1 aromatic heterocycles. The van der Waals surface area contributed by atoms with E-state index in [1.54, 1.807) is 0 Å². The lowest BCUT2D eigenvalue weighted by Gasteiger charge is -2.01. The fourth-order valence-electron chi connectivity index (χ4n) is 1.71. The van der Waals surface area contributed by atoms with Gasteiger partial charge in [-0.3, -0.25) is 0 Å².